The molecule has 0 radical (unpaired) electrons. The van der Waals surface area contributed by atoms with Gasteiger partial charge < -0.3 is 4.90 Å². The molecule has 14 heavy (non-hydrogen) atoms. The quantitative estimate of drug-likeness (QED) is 0.464. The van der Waals surface area contributed by atoms with Gasteiger partial charge in [-0.05, 0) is 39.1 Å². The Kier molecular flexibility index (Phi) is 8.19. The van der Waals surface area contributed by atoms with Gasteiger partial charge in [0.2, 0.25) is 0 Å². The summed E-state index contributed by atoms with van der Waals surface area (Å²) < 4.78 is 0. The van der Waals surface area contributed by atoms with Crippen LogP contribution in [0, 0.1) is 0 Å². The predicted molar refractivity (Wildman–Crippen MR) is 69.6 cm³/mol. The van der Waals surface area contributed by atoms with Gasteiger partial charge in [-0.3, -0.25) is 0 Å². The Balaban J connectivity index is 4.26. The van der Waals surface area contributed by atoms with Gasteiger partial charge in [0.15, 0.2) is 0 Å². The third-order valence-electron chi connectivity index (χ3n) is 2.96. The molecular weight excluding hydrogens is 186 g/mol. The first-order chi connectivity index (χ1) is 6.67. The highest BCUT2D eigenvalue weighted by Crippen LogP contribution is 2.14. The average Bonchev–Trinajstić information content (AvgIpc) is 2.14. The fourth-order valence-corrected chi connectivity index (χ4v) is 6.08. The topological polar surface area (TPSA) is 3.24 Å². The van der Waals surface area contributed by atoms with E-state index in [0.717, 1.165) is 5.67 Å². The van der Waals surface area contributed by atoms with E-state index in [-0.39, 0.29) is 0 Å². The van der Waals surface area contributed by atoms with Crippen LogP contribution in [0.1, 0.15) is 33.6 Å². The minimum Gasteiger partial charge on any atom is -0.310 e. The zero-order valence-corrected chi connectivity index (χ0v) is 11.7. The van der Waals surface area contributed by atoms with E-state index in [0.29, 0.717) is 0 Å². The van der Waals surface area contributed by atoms with Crippen LogP contribution in [0.25, 0.3) is 0 Å². The molecule has 2 atom stereocenters. The SMILES string of the molecule is C/C=C/C[SiH](CCC)C(CC)N(C)C. The zero-order chi connectivity index (χ0) is 11.0. The fourth-order valence-electron chi connectivity index (χ4n) is 2.27. The Morgan fingerprint density at radius 3 is 2.29 bits per heavy atom. The summed E-state index contributed by atoms with van der Waals surface area (Å²) in [6.45, 7) is 6.78. The summed E-state index contributed by atoms with van der Waals surface area (Å²) in [6, 6.07) is 2.86. The molecule has 0 N–H and O–H groups in total. The van der Waals surface area contributed by atoms with E-state index < -0.39 is 8.80 Å². The Morgan fingerprint density at radius 2 is 1.93 bits per heavy atom. The summed E-state index contributed by atoms with van der Waals surface area (Å²) in [5, 5.41) is 0. The minimum atomic E-state index is -0.585. The van der Waals surface area contributed by atoms with E-state index in [1.54, 1.807) is 0 Å². The number of hydrogen-bond acceptors (Lipinski definition) is 1. The Morgan fingerprint density at radius 1 is 1.29 bits per heavy atom. The lowest BCUT2D eigenvalue weighted by Crippen LogP contribution is -2.41. The van der Waals surface area contributed by atoms with E-state index in [4.69, 9.17) is 0 Å². The molecule has 0 aromatic carbocycles. The van der Waals surface area contributed by atoms with Crippen LogP contribution in [-0.4, -0.2) is 33.5 Å². The second kappa shape index (κ2) is 8.24. The summed E-state index contributed by atoms with van der Waals surface area (Å²) in [4.78, 5) is 2.44. The van der Waals surface area contributed by atoms with E-state index in [9.17, 15) is 0 Å². The molecule has 0 bridgehead atoms. The van der Waals surface area contributed by atoms with Crippen molar-refractivity contribution in [2.45, 2.75) is 51.4 Å². The smallest absolute Gasteiger partial charge is 0.0606 e. The Hall–Kier alpha value is -0.0831. The molecule has 0 aliphatic rings. The van der Waals surface area contributed by atoms with E-state index in [2.05, 4.69) is 51.9 Å². The van der Waals surface area contributed by atoms with Gasteiger partial charge >= 0.3 is 0 Å². The Bertz CT molecular complexity index is 154. The van der Waals surface area contributed by atoms with Crippen LogP contribution in [0.15, 0.2) is 12.2 Å². The first kappa shape index (κ1) is 13.9. The predicted octanol–water partition coefficient (Wildman–Crippen LogP) is 3.08. The molecule has 0 saturated carbocycles. The lowest BCUT2D eigenvalue weighted by molar-refractivity contribution is 0.358. The number of hydrogen-bond donors (Lipinski definition) is 0. The molecule has 0 fully saturated rings. The van der Waals surface area contributed by atoms with Gasteiger partial charge in [0, 0.05) is 0 Å². The van der Waals surface area contributed by atoms with Gasteiger partial charge in [0.1, 0.15) is 0 Å². The van der Waals surface area contributed by atoms with Gasteiger partial charge in [-0.25, -0.2) is 0 Å². The second-order valence-electron chi connectivity index (χ2n) is 4.29. The van der Waals surface area contributed by atoms with Crippen molar-refractivity contribution in [2.75, 3.05) is 14.1 Å². The van der Waals surface area contributed by atoms with Crippen LogP contribution in [-0.2, 0) is 0 Å². The average molecular weight is 213 g/mol. The molecule has 2 unspecified atom stereocenters. The van der Waals surface area contributed by atoms with E-state index in [1.165, 1.54) is 24.9 Å². The van der Waals surface area contributed by atoms with Gasteiger partial charge in [-0.15, -0.1) is 0 Å². The van der Waals surface area contributed by atoms with Crippen LogP contribution in [0.3, 0.4) is 0 Å². The molecule has 0 amide bonds. The van der Waals surface area contributed by atoms with Crippen LogP contribution in [0.2, 0.25) is 12.1 Å². The van der Waals surface area contributed by atoms with Crippen LogP contribution >= 0.6 is 0 Å². The highest BCUT2D eigenvalue weighted by atomic mass is 28.3. The molecule has 1 nitrogen and oxygen atoms in total. The first-order valence-electron chi connectivity index (χ1n) is 5.94. The third-order valence-corrected chi connectivity index (χ3v) is 7.31. The van der Waals surface area contributed by atoms with Crippen molar-refractivity contribution in [1.29, 1.82) is 0 Å². The molecular formula is C12H27NSi. The molecule has 2 heteroatoms. The van der Waals surface area contributed by atoms with Crippen molar-refractivity contribution in [3.8, 4) is 0 Å². The van der Waals surface area contributed by atoms with Crippen molar-refractivity contribution in [1.82, 2.24) is 4.90 Å². The second-order valence-corrected chi connectivity index (χ2v) is 7.63. The van der Waals surface area contributed by atoms with E-state index in [1.807, 2.05) is 0 Å². The summed E-state index contributed by atoms with van der Waals surface area (Å²) in [5.41, 5.74) is 0.881. The van der Waals surface area contributed by atoms with Crippen molar-refractivity contribution in [3.05, 3.63) is 12.2 Å². The molecule has 0 aliphatic heterocycles. The van der Waals surface area contributed by atoms with Crippen LogP contribution in [0.5, 0.6) is 0 Å². The number of allylic oxidation sites excluding steroid dienone is 2. The van der Waals surface area contributed by atoms with Crippen molar-refractivity contribution < 1.29 is 0 Å². The minimum absolute atomic E-state index is 0.585. The zero-order valence-electron chi connectivity index (χ0n) is 10.6. The third kappa shape index (κ3) is 4.96. The van der Waals surface area contributed by atoms with Gasteiger partial charge in [0.05, 0.1) is 8.80 Å². The largest absolute Gasteiger partial charge is 0.310 e. The highest BCUT2D eigenvalue weighted by molar-refractivity contribution is 6.61. The summed E-state index contributed by atoms with van der Waals surface area (Å²) in [6.07, 6.45) is 7.26. The van der Waals surface area contributed by atoms with Crippen molar-refractivity contribution in [2.24, 2.45) is 0 Å². The van der Waals surface area contributed by atoms with E-state index >= 15 is 0 Å². The summed E-state index contributed by atoms with van der Waals surface area (Å²) >= 11 is 0. The molecule has 0 aromatic rings. The fraction of sp³-hybridized carbons (Fsp3) is 0.833. The summed E-state index contributed by atoms with van der Waals surface area (Å²) in [5.74, 6) is 0. The van der Waals surface area contributed by atoms with Crippen molar-refractivity contribution in [3.63, 3.8) is 0 Å². The van der Waals surface area contributed by atoms with Gasteiger partial charge in [-0.2, -0.15) is 0 Å². The first-order valence-corrected chi connectivity index (χ1v) is 8.24. The van der Waals surface area contributed by atoms with Crippen LogP contribution < -0.4 is 0 Å². The molecule has 0 aliphatic carbocycles. The molecule has 0 aromatic heterocycles. The number of rotatable bonds is 7. The van der Waals surface area contributed by atoms with Gasteiger partial charge in [0.25, 0.3) is 0 Å². The molecule has 0 rings (SSSR count). The maximum absolute atomic E-state index is 2.44. The number of nitrogens with zero attached hydrogens (tertiary/aromatic N) is 1. The lowest BCUT2D eigenvalue weighted by atomic mass is 10.4. The Labute approximate surface area is 91.8 Å². The molecule has 0 saturated heterocycles. The standard InChI is InChI=1S/C12H27NSi/c1-6-9-11-14(10-7-2)12(8-3)13(4)5/h6,9,12,14H,7-8,10-11H2,1-5H3/b9-6+. The van der Waals surface area contributed by atoms with Crippen LogP contribution in [0.4, 0.5) is 0 Å². The molecule has 0 spiro atoms. The van der Waals surface area contributed by atoms with Crippen molar-refractivity contribution >= 4 is 8.80 Å². The lowest BCUT2D eigenvalue weighted by Gasteiger charge is -2.30. The maximum atomic E-state index is 2.44. The monoisotopic (exact) mass is 213 g/mol. The molecule has 84 valence electrons. The molecule has 0 heterocycles. The maximum Gasteiger partial charge on any atom is 0.0606 e. The normalized spacial score (nSPS) is 16.4. The highest BCUT2D eigenvalue weighted by Gasteiger charge is 2.21. The van der Waals surface area contributed by atoms with Gasteiger partial charge in [-0.1, -0.05) is 38.5 Å². The summed E-state index contributed by atoms with van der Waals surface area (Å²) in [7, 11) is 3.89.